The number of aromatic nitrogens is 2. The lowest BCUT2D eigenvalue weighted by molar-refractivity contribution is -0.115. The van der Waals surface area contributed by atoms with Gasteiger partial charge in [0.2, 0.25) is 5.91 Å². The van der Waals surface area contributed by atoms with Crippen molar-refractivity contribution in [2.45, 2.75) is 32.2 Å². The largest absolute Gasteiger partial charge is 0.326 e. The maximum atomic E-state index is 12.3. The number of carbonyl (C=O) groups excluding carboxylic acids is 1. The number of nitrogens with one attached hydrogen (secondary N) is 1. The van der Waals surface area contributed by atoms with E-state index in [4.69, 9.17) is 0 Å². The summed E-state index contributed by atoms with van der Waals surface area (Å²) in [6, 6.07) is 18.1. The Balaban J connectivity index is 1.59. The topological polar surface area (TPSA) is 54.9 Å². The van der Waals surface area contributed by atoms with E-state index in [0.29, 0.717) is 12.2 Å². The molecule has 0 atom stereocenters. The average molecular weight is 378 g/mol. The van der Waals surface area contributed by atoms with Crippen LogP contribution in [0.3, 0.4) is 0 Å². The van der Waals surface area contributed by atoms with E-state index in [1.807, 2.05) is 75.4 Å². The minimum absolute atomic E-state index is 0.0188. The number of amides is 1. The Hall–Kier alpha value is -2.66. The first-order valence-corrected chi connectivity index (χ1v) is 9.91. The summed E-state index contributed by atoms with van der Waals surface area (Å²) in [7, 11) is 0. The van der Waals surface area contributed by atoms with Gasteiger partial charge in [-0.3, -0.25) is 4.79 Å². The van der Waals surface area contributed by atoms with Crippen molar-refractivity contribution >= 4 is 23.4 Å². The molecule has 1 N–H and O–H groups in total. The molecule has 0 aliphatic carbocycles. The molecule has 4 nitrogen and oxygen atoms in total. The number of anilines is 1. The molecular formula is C22H23N3OS. The van der Waals surface area contributed by atoms with Crippen LogP contribution in [0.5, 0.6) is 0 Å². The Morgan fingerprint density at radius 1 is 1.00 bits per heavy atom. The van der Waals surface area contributed by atoms with Gasteiger partial charge in [0.05, 0.1) is 5.69 Å². The van der Waals surface area contributed by atoms with E-state index in [0.717, 1.165) is 38.9 Å². The van der Waals surface area contributed by atoms with Crippen molar-refractivity contribution < 1.29 is 4.79 Å². The van der Waals surface area contributed by atoms with Crippen LogP contribution in [-0.4, -0.2) is 21.6 Å². The lowest BCUT2D eigenvalue weighted by atomic mass is 10.1. The molecule has 0 unspecified atom stereocenters. The minimum Gasteiger partial charge on any atom is -0.326 e. The Morgan fingerprint density at radius 2 is 1.78 bits per heavy atom. The quantitative estimate of drug-likeness (QED) is 0.474. The van der Waals surface area contributed by atoms with Gasteiger partial charge in [-0.05, 0) is 44.0 Å². The number of rotatable bonds is 6. The normalized spacial score (nSPS) is 10.6. The molecule has 0 saturated heterocycles. The smallest absolute Gasteiger partial charge is 0.225 e. The van der Waals surface area contributed by atoms with Crippen molar-refractivity contribution in [1.29, 1.82) is 0 Å². The molecule has 5 heteroatoms. The number of thioether (sulfide) groups is 1. The van der Waals surface area contributed by atoms with Gasteiger partial charge < -0.3 is 5.32 Å². The number of nitrogens with zero attached hydrogens (tertiary/aromatic N) is 2. The van der Waals surface area contributed by atoms with E-state index in [-0.39, 0.29) is 5.91 Å². The summed E-state index contributed by atoms with van der Waals surface area (Å²) >= 11 is 1.58. The van der Waals surface area contributed by atoms with Crippen LogP contribution in [-0.2, 0) is 4.79 Å². The predicted molar refractivity (Wildman–Crippen MR) is 112 cm³/mol. The molecular weight excluding hydrogens is 354 g/mol. The van der Waals surface area contributed by atoms with Crippen molar-refractivity contribution in [1.82, 2.24) is 9.97 Å². The Labute approximate surface area is 164 Å². The molecule has 2 aromatic carbocycles. The first-order valence-electron chi connectivity index (χ1n) is 8.92. The van der Waals surface area contributed by atoms with E-state index >= 15 is 0 Å². The molecule has 1 amide bonds. The van der Waals surface area contributed by atoms with Crippen molar-refractivity contribution in [2.75, 3.05) is 11.1 Å². The molecule has 0 saturated carbocycles. The van der Waals surface area contributed by atoms with Gasteiger partial charge in [-0.1, -0.05) is 42.5 Å². The molecule has 0 aliphatic heterocycles. The van der Waals surface area contributed by atoms with Crippen LogP contribution in [0, 0.1) is 20.8 Å². The van der Waals surface area contributed by atoms with Gasteiger partial charge >= 0.3 is 0 Å². The second-order valence-electron chi connectivity index (χ2n) is 6.47. The molecule has 138 valence electrons. The van der Waals surface area contributed by atoms with Crippen molar-refractivity contribution in [3.05, 3.63) is 71.5 Å². The SMILES string of the molecule is Cc1ccc(C)c(NC(=O)CCSc2cc(-c3ccccc3)nc(C)n2)c1. The highest BCUT2D eigenvalue weighted by Crippen LogP contribution is 2.24. The number of carbonyl (C=O) groups is 1. The van der Waals surface area contributed by atoms with Gasteiger partial charge in [0.1, 0.15) is 10.9 Å². The molecule has 3 rings (SSSR count). The number of hydrogen-bond donors (Lipinski definition) is 1. The number of benzene rings is 2. The van der Waals surface area contributed by atoms with Gasteiger partial charge in [0, 0.05) is 23.4 Å². The Bertz CT molecular complexity index is 942. The molecule has 0 aliphatic rings. The van der Waals surface area contributed by atoms with Crippen LogP contribution in [0.1, 0.15) is 23.4 Å². The van der Waals surface area contributed by atoms with Gasteiger partial charge in [-0.2, -0.15) is 0 Å². The summed E-state index contributed by atoms with van der Waals surface area (Å²) in [6.45, 7) is 5.91. The van der Waals surface area contributed by atoms with Crippen molar-refractivity contribution in [3.63, 3.8) is 0 Å². The molecule has 0 spiro atoms. The summed E-state index contributed by atoms with van der Waals surface area (Å²) in [5, 5.41) is 3.89. The second kappa shape index (κ2) is 8.82. The van der Waals surface area contributed by atoms with Crippen LogP contribution in [0.15, 0.2) is 59.6 Å². The van der Waals surface area contributed by atoms with E-state index in [1.165, 1.54) is 0 Å². The predicted octanol–water partition coefficient (Wildman–Crippen LogP) is 5.19. The highest BCUT2D eigenvalue weighted by Gasteiger charge is 2.08. The summed E-state index contributed by atoms with van der Waals surface area (Å²) in [4.78, 5) is 21.3. The highest BCUT2D eigenvalue weighted by atomic mass is 32.2. The van der Waals surface area contributed by atoms with Gasteiger partial charge in [-0.15, -0.1) is 11.8 Å². The average Bonchev–Trinajstić information content (AvgIpc) is 2.65. The number of hydrogen-bond acceptors (Lipinski definition) is 4. The zero-order chi connectivity index (χ0) is 19.2. The van der Waals surface area contributed by atoms with Gasteiger partial charge in [0.15, 0.2) is 0 Å². The fourth-order valence-corrected chi connectivity index (χ4v) is 3.59. The molecule has 1 heterocycles. The summed E-state index contributed by atoms with van der Waals surface area (Å²) in [5.74, 6) is 1.42. The maximum absolute atomic E-state index is 12.3. The zero-order valence-electron chi connectivity index (χ0n) is 15.8. The lowest BCUT2D eigenvalue weighted by Gasteiger charge is -2.09. The minimum atomic E-state index is 0.0188. The zero-order valence-corrected chi connectivity index (χ0v) is 16.6. The summed E-state index contributed by atoms with van der Waals surface area (Å²) in [5.41, 5.74) is 5.06. The van der Waals surface area contributed by atoms with Crippen molar-refractivity contribution in [2.24, 2.45) is 0 Å². The fourth-order valence-electron chi connectivity index (χ4n) is 2.70. The molecule has 1 aromatic heterocycles. The molecule has 27 heavy (non-hydrogen) atoms. The fraction of sp³-hybridized carbons (Fsp3) is 0.227. The second-order valence-corrected chi connectivity index (χ2v) is 7.58. The Morgan fingerprint density at radius 3 is 2.56 bits per heavy atom. The van der Waals surface area contributed by atoms with E-state index in [9.17, 15) is 4.79 Å². The highest BCUT2D eigenvalue weighted by molar-refractivity contribution is 7.99. The summed E-state index contributed by atoms with van der Waals surface area (Å²) < 4.78 is 0. The standard InChI is InChI=1S/C22H23N3OS/c1-15-9-10-16(2)19(13-15)25-21(26)11-12-27-22-14-20(23-17(3)24-22)18-7-5-4-6-8-18/h4-10,13-14H,11-12H2,1-3H3,(H,25,26). The van der Waals surface area contributed by atoms with Gasteiger partial charge in [-0.25, -0.2) is 9.97 Å². The third kappa shape index (κ3) is 5.41. The van der Waals surface area contributed by atoms with Crippen LogP contribution >= 0.6 is 11.8 Å². The van der Waals surface area contributed by atoms with Crippen LogP contribution in [0.25, 0.3) is 11.3 Å². The van der Waals surface area contributed by atoms with E-state index in [2.05, 4.69) is 15.3 Å². The van der Waals surface area contributed by atoms with E-state index in [1.54, 1.807) is 11.8 Å². The van der Waals surface area contributed by atoms with Crippen LogP contribution < -0.4 is 5.32 Å². The van der Waals surface area contributed by atoms with Crippen molar-refractivity contribution in [3.8, 4) is 11.3 Å². The van der Waals surface area contributed by atoms with Crippen LogP contribution in [0.2, 0.25) is 0 Å². The van der Waals surface area contributed by atoms with Crippen LogP contribution in [0.4, 0.5) is 5.69 Å². The lowest BCUT2D eigenvalue weighted by Crippen LogP contribution is -2.13. The molecule has 0 fully saturated rings. The van der Waals surface area contributed by atoms with Gasteiger partial charge in [0.25, 0.3) is 0 Å². The molecule has 3 aromatic rings. The first kappa shape index (κ1) is 19.1. The number of aryl methyl sites for hydroxylation is 3. The Kier molecular flexibility index (Phi) is 6.24. The summed E-state index contributed by atoms with van der Waals surface area (Å²) in [6.07, 6.45) is 0.432. The molecule has 0 radical (unpaired) electrons. The monoisotopic (exact) mass is 377 g/mol. The third-order valence-corrected chi connectivity index (χ3v) is 5.04. The maximum Gasteiger partial charge on any atom is 0.225 e. The van der Waals surface area contributed by atoms with E-state index < -0.39 is 0 Å². The third-order valence-electron chi connectivity index (χ3n) is 4.13. The first-order chi connectivity index (χ1) is 13.0. The molecule has 0 bridgehead atoms.